The van der Waals surface area contributed by atoms with E-state index in [1.807, 2.05) is 11.3 Å². The molecule has 0 aliphatic carbocycles. The minimum absolute atomic E-state index is 0.329. The molecule has 3 rings (SSSR count). The number of hydrogen-bond donors (Lipinski definition) is 0. The topological polar surface area (TPSA) is 17.8 Å². The fraction of sp³-hybridized carbons (Fsp3) is 0.353. The van der Waals surface area contributed by atoms with Gasteiger partial charge in [0.25, 0.3) is 0 Å². The molecule has 1 atom stereocenters. The average molecular weight is 319 g/mol. The summed E-state index contributed by atoms with van der Waals surface area (Å²) < 4.78 is 2.34. The molecule has 4 heteroatoms. The number of rotatable bonds is 5. The molecule has 0 saturated heterocycles. The first-order chi connectivity index (χ1) is 10.2. The van der Waals surface area contributed by atoms with Gasteiger partial charge < -0.3 is 4.57 Å². The van der Waals surface area contributed by atoms with Crippen molar-refractivity contribution in [3.63, 3.8) is 0 Å². The first-order valence-electron chi connectivity index (χ1n) is 7.31. The normalized spacial score (nSPS) is 12.9. The van der Waals surface area contributed by atoms with Crippen LogP contribution in [0, 0.1) is 6.92 Å². The molecule has 2 nitrogen and oxygen atoms in total. The van der Waals surface area contributed by atoms with E-state index in [0.717, 1.165) is 24.2 Å². The molecular weight excluding hydrogens is 300 g/mol. The molecule has 110 valence electrons. The van der Waals surface area contributed by atoms with Crippen molar-refractivity contribution in [2.45, 2.75) is 38.6 Å². The molecule has 0 amide bonds. The molecule has 3 aromatic rings. The van der Waals surface area contributed by atoms with Crippen molar-refractivity contribution in [3.05, 3.63) is 52.0 Å². The minimum atomic E-state index is 0.329. The zero-order valence-electron chi connectivity index (χ0n) is 12.3. The predicted molar refractivity (Wildman–Crippen MR) is 91.4 cm³/mol. The lowest BCUT2D eigenvalue weighted by molar-refractivity contribution is 0.540. The van der Waals surface area contributed by atoms with Gasteiger partial charge in [0.15, 0.2) is 0 Å². The molecule has 0 bridgehead atoms. The highest BCUT2D eigenvalue weighted by molar-refractivity contribution is 7.10. The summed E-state index contributed by atoms with van der Waals surface area (Å²) in [6.45, 7) is 4.35. The SMILES string of the molecule is CCCC(c1cccs1)n1c(CCl)nc2ccc(C)cc21. The Kier molecular flexibility index (Phi) is 4.32. The van der Waals surface area contributed by atoms with Gasteiger partial charge in [0, 0.05) is 4.88 Å². The fourth-order valence-corrected chi connectivity index (χ4v) is 3.89. The summed E-state index contributed by atoms with van der Waals surface area (Å²) >= 11 is 7.98. The molecule has 2 aromatic heterocycles. The van der Waals surface area contributed by atoms with Gasteiger partial charge in [-0.2, -0.15) is 0 Å². The lowest BCUT2D eigenvalue weighted by Crippen LogP contribution is -2.12. The van der Waals surface area contributed by atoms with E-state index in [9.17, 15) is 0 Å². The second kappa shape index (κ2) is 6.20. The third-order valence-electron chi connectivity index (χ3n) is 3.78. The summed E-state index contributed by atoms with van der Waals surface area (Å²) in [5.74, 6) is 1.41. The Bertz CT molecular complexity index is 731. The van der Waals surface area contributed by atoms with Crippen molar-refractivity contribution >= 4 is 34.0 Å². The highest BCUT2D eigenvalue weighted by Gasteiger charge is 2.20. The Hall–Kier alpha value is -1.32. The third kappa shape index (κ3) is 2.72. The van der Waals surface area contributed by atoms with E-state index in [1.165, 1.54) is 16.0 Å². The minimum Gasteiger partial charge on any atom is -0.319 e. The van der Waals surface area contributed by atoms with E-state index in [0.29, 0.717) is 11.9 Å². The second-order valence-electron chi connectivity index (χ2n) is 5.34. The molecule has 0 N–H and O–H groups in total. The van der Waals surface area contributed by atoms with Crippen molar-refractivity contribution < 1.29 is 0 Å². The molecule has 0 aliphatic rings. The van der Waals surface area contributed by atoms with Gasteiger partial charge in [0.2, 0.25) is 0 Å². The summed E-state index contributed by atoms with van der Waals surface area (Å²) in [5, 5.41) is 2.14. The fourth-order valence-electron chi connectivity index (χ4n) is 2.85. The summed E-state index contributed by atoms with van der Waals surface area (Å²) in [6.07, 6.45) is 2.24. The molecule has 1 aromatic carbocycles. The monoisotopic (exact) mass is 318 g/mol. The number of alkyl halides is 1. The number of imidazole rings is 1. The van der Waals surface area contributed by atoms with Crippen LogP contribution in [-0.4, -0.2) is 9.55 Å². The largest absolute Gasteiger partial charge is 0.319 e. The Balaban J connectivity index is 2.22. The zero-order chi connectivity index (χ0) is 14.8. The van der Waals surface area contributed by atoms with Crippen molar-refractivity contribution in [1.29, 1.82) is 0 Å². The third-order valence-corrected chi connectivity index (χ3v) is 5.00. The van der Waals surface area contributed by atoms with Crippen molar-refractivity contribution in [2.24, 2.45) is 0 Å². The Labute approximate surface area is 134 Å². The smallest absolute Gasteiger partial charge is 0.125 e. The van der Waals surface area contributed by atoms with Crippen LogP contribution in [0.2, 0.25) is 0 Å². The maximum absolute atomic E-state index is 6.17. The number of aryl methyl sites for hydroxylation is 1. The van der Waals surface area contributed by atoms with Gasteiger partial charge in [0.05, 0.1) is 23.0 Å². The van der Waals surface area contributed by atoms with Crippen LogP contribution in [-0.2, 0) is 5.88 Å². The first-order valence-corrected chi connectivity index (χ1v) is 8.72. The number of thiophene rings is 1. The predicted octanol–water partition coefficient (Wildman–Crippen LogP) is 5.53. The lowest BCUT2D eigenvalue weighted by atomic mass is 10.1. The van der Waals surface area contributed by atoms with Crippen LogP contribution in [0.3, 0.4) is 0 Å². The molecule has 0 spiro atoms. The summed E-state index contributed by atoms with van der Waals surface area (Å²) in [5.41, 5.74) is 3.48. The molecule has 0 saturated carbocycles. The van der Waals surface area contributed by atoms with Crippen molar-refractivity contribution in [3.8, 4) is 0 Å². The van der Waals surface area contributed by atoms with Crippen LogP contribution in [0.1, 0.15) is 42.1 Å². The second-order valence-corrected chi connectivity index (χ2v) is 6.59. The molecule has 0 aliphatic heterocycles. The van der Waals surface area contributed by atoms with Gasteiger partial charge in [-0.3, -0.25) is 0 Å². The number of fused-ring (bicyclic) bond motifs is 1. The zero-order valence-corrected chi connectivity index (χ0v) is 13.9. The van der Waals surface area contributed by atoms with E-state index in [4.69, 9.17) is 16.6 Å². The van der Waals surface area contributed by atoms with Crippen LogP contribution in [0.4, 0.5) is 0 Å². The maximum Gasteiger partial charge on any atom is 0.125 e. The molecular formula is C17H19ClN2S. The van der Waals surface area contributed by atoms with Crippen molar-refractivity contribution in [1.82, 2.24) is 9.55 Å². The number of aromatic nitrogens is 2. The maximum atomic E-state index is 6.17. The van der Waals surface area contributed by atoms with Gasteiger partial charge in [-0.1, -0.05) is 25.5 Å². The lowest BCUT2D eigenvalue weighted by Gasteiger charge is -2.20. The van der Waals surface area contributed by atoms with Gasteiger partial charge in [-0.05, 0) is 42.5 Å². The molecule has 1 unspecified atom stereocenters. The van der Waals surface area contributed by atoms with Crippen LogP contribution in [0.5, 0.6) is 0 Å². The Morgan fingerprint density at radius 3 is 2.86 bits per heavy atom. The van der Waals surface area contributed by atoms with E-state index in [1.54, 1.807) is 0 Å². The Morgan fingerprint density at radius 1 is 1.33 bits per heavy atom. The van der Waals surface area contributed by atoms with Gasteiger partial charge in [-0.15, -0.1) is 22.9 Å². The van der Waals surface area contributed by atoms with Gasteiger partial charge in [0.1, 0.15) is 5.82 Å². The molecule has 2 heterocycles. The van der Waals surface area contributed by atoms with Gasteiger partial charge in [-0.25, -0.2) is 4.98 Å². The number of halogens is 1. The number of benzene rings is 1. The van der Waals surface area contributed by atoms with E-state index >= 15 is 0 Å². The summed E-state index contributed by atoms with van der Waals surface area (Å²) in [6, 6.07) is 11.1. The van der Waals surface area contributed by atoms with Crippen LogP contribution < -0.4 is 0 Å². The summed E-state index contributed by atoms with van der Waals surface area (Å²) in [4.78, 5) is 6.10. The van der Waals surface area contributed by atoms with E-state index in [2.05, 4.69) is 54.1 Å². The first kappa shape index (κ1) is 14.6. The number of nitrogens with zero attached hydrogens (tertiary/aromatic N) is 2. The van der Waals surface area contributed by atoms with Crippen LogP contribution >= 0.6 is 22.9 Å². The van der Waals surface area contributed by atoms with E-state index < -0.39 is 0 Å². The summed E-state index contributed by atoms with van der Waals surface area (Å²) in [7, 11) is 0. The average Bonchev–Trinajstić information content (AvgIpc) is 3.12. The molecule has 21 heavy (non-hydrogen) atoms. The van der Waals surface area contributed by atoms with Crippen molar-refractivity contribution in [2.75, 3.05) is 0 Å². The molecule has 0 fully saturated rings. The highest BCUT2D eigenvalue weighted by Crippen LogP contribution is 2.33. The van der Waals surface area contributed by atoms with Crippen LogP contribution in [0.25, 0.3) is 11.0 Å². The highest BCUT2D eigenvalue weighted by atomic mass is 35.5. The van der Waals surface area contributed by atoms with E-state index in [-0.39, 0.29) is 0 Å². The number of hydrogen-bond acceptors (Lipinski definition) is 2. The van der Waals surface area contributed by atoms with Crippen LogP contribution in [0.15, 0.2) is 35.7 Å². The van der Waals surface area contributed by atoms with Gasteiger partial charge >= 0.3 is 0 Å². The standard InChI is InChI=1S/C17H19ClN2S/c1-3-5-14(16-6-4-9-21-16)20-15-10-12(2)7-8-13(15)19-17(20)11-18/h4,6-10,14H,3,5,11H2,1-2H3. The molecule has 0 radical (unpaired) electrons. The quantitative estimate of drug-likeness (QED) is 0.565. The Morgan fingerprint density at radius 2 is 2.19 bits per heavy atom.